The van der Waals surface area contributed by atoms with E-state index in [9.17, 15) is 9.59 Å². The molecule has 0 bridgehead atoms. The van der Waals surface area contributed by atoms with Crippen molar-refractivity contribution in [2.45, 2.75) is 32.9 Å². The summed E-state index contributed by atoms with van der Waals surface area (Å²) >= 11 is 0. The van der Waals surface area contributed by atoms with Gasteiger partial charge in [0.05, 0.1) is 0 Å². The highest BCUT2D eigenvalue weighted by molar-refractivity contribution is 5.83. The van der Waals surface area contributed by atoms with Gasteiger partial charge in [-0.15, -0.1) is 5.10 Å². The Bertz CT molecular complexity index is 964. The Balaban J connectivity index is 1.67. The van der Waals surface area contributed by atoms with E-state index in [0.717, 1.165) is 11.3 Å². The van der Waals surface area contributed by atoms with Gasteiger partial charge in [-0.3, -0.25) is 9.59 Å². The fourth-order valence-electron chi connectivity index (χ4n) is 2.97. The maximum absolute atomic E-state index is 12.8. The second-order valence-corrected chi connectivity index (χ2v) is 6.29. The molecule has 0 fully saturated rings. The molecule has 0 aliphatic rings. The molecular formula is C19H22N6O2. The van der Waals surface area contributed by atoms with E-state index in [0.29, 0.717) is 25.3 Å². The lowest BCUT2D eigenvalue weighted by Crippen LogP contribution is -2.35. The van der Waals surface area contributed by atoms with Crippen molar-refractivity contribution in [2.24, 2.45) is 0 Å². The van der Waals surface area contributed by atoms with E-state index in [1.807, 2.05) is 43.3 Å². The number of carbonyl (C=O) groups is 1. The van der Waals surface area contributed by atoms with Gasteiger partial charge in [-0.25, -0.2) is 4.68 Å². The van der Waals surface area contributed by atoms with Crippen LogP contribution in [0.3, 0.4) is 0 Å². The van der Waals surface area contributed by atoms with E-state index >= 15 is 0 Å². The topological polar surface area (TPSA) is 94.7 Å². The average Bonchev–Trinajstić information content (AvgIpc) is 3.07. The molecule has 8 nitrogen and oxygen atoms in total. The molecule has 1 amide bonds. The summed E-state index contributed by atoms with van der Waals surface area (Å²) in [6.45, 7) is 4.65. The van der Waals surface area contributed by atoms with Crippen molar-refractivity contribution in [2.75, 3.05) is 6.54 Å². The van der Waals surface area contributed by atoms with Gasteiger partial charge in [-0.2, -0.15) is 0 Å². The molecule has 2 aromatic heterocycles. The van der Waals surface area contributed by atoms with Gasteiger partial charge in [0.15, 0.2) is 6.04 Å². The standard InChI is InChI=1S/C19H22N6O2/c1-14-8-6-11-17(26)24(14)13-7-12-20-19(27)18(16-9-4-3-5-10-16)25-15(2)21-22-23-25/h3-6,8-11,18H,7,12-13H2,1-2H3,(H,20,27)/t18-/m0/s1. The summed E-state index contributed by atoms with van der Waals surface area (Å²) in [7, 11) is 0. The number of hydrogen-bond donors (Lipinski definition) is 1. The van der Waals surface area contributed by atoms with Crippen molar-refractivity contribution < 1.29 is 4.79 Å². The molecule has 0 saturated heterocycles. The quantitative estimate of drug-likeness (QED) is 0.635. The molecule has 0 radical (unpaired) electrons. The lowest BCUT2D eigenvalue weighted by molar-refractivity contribution is -0.123. The lowest BCUT2D eigenvalue weighted by atomic mass is 10.1. The van der Waals surface area contributed by atoms with Crippen LogP contribution in [0.5, 0.6) is 0 Å². The van der Waals surface area contributed by atoms with Gasteiger partial charge < -0.3 is 9.88 Å². The van der Waals surface area contributed by atoms with Crippen LogP contribution in [-0.2, 0) is 11.3 Å². The van der Waals surface area contributed by atoms with E-state index in [4.69, 9.17) is 0 Å². The molecule has 140 valence electrons. The van der Waals surface area contributed by atoms with Crippen LogP contribution in [0.25, 0.3) is 0 Å². The Morgan fingerprint density at radius 3 is 2.56 bits per heavy atom. The van der Waals surface area contributed by atoms with Crippen molar-refractivity contribution in [3.05, 3.63) is 76.0 Å². The molecule has 3 rings (SSSR count). The predicted octanol–water partition coefficient (Wildman–Crippen LogP) is 1.25. The Morgan fingerprint density at radius 2 is 1.89 bits per heavy atom. The Kier molecular flexibility index (Phi) is 5.75. The molecule has 0 saturated carbocycles. The molecule has 1 N–H and O–H groups in total. The summed E-state index contributed by atoms with van der Waals surface area (Å²) < 4.78 is 3.21. The number of nitrogens with zero attached hydrogens (tertiary/aromatic N) is 5. The highest BCUT2D eigenvalue weighted by Crippen LogP contribution is 2.18. The van der Waals surface area contributed by atoms with Crippen LogP contribution in [0.15, 0.2) is 53.3 Å². The van der Waals surface area contributed by atoms with Crippen LogP contribution >= 0.6 is 0 Å². The number of tetrazole rings is 1. The van der Waals surface area contributed by atoms with Gasteiger partial charge in [0.2, 0.25) is 5.91 Å². The summed E-state index contributed by atoms with van der Waals surface area (Å²) in [4.78, 5) is 24.7. The molecule has 1 atom stereocenters. The number of hydrogen-bond acceptors (Lipinski definition) is 5. The minimum absolute atomic E-state index is 0.0344. The largest absolute Gasteiger partial charge is 0.354 e. The van der Waals surface area contributed by atoms with Gasteiger partial charge in [0, 0.05) is 24.8 Å². The van der Waals surface area contributed by atoms with Crippen LogP contribution in [0.4, 0.5) is 0 Å². The molecule has 0 aliphatic carbocycles. The predicted molar refractivity (Wildman–Crippen MR) is 100 cm³/mol. The number of carbonyl (C=O) groups excluding carboxylic acids is 1. The molecule has 0 aliphatic heterocycles. The third-order valence-electron chi connectivity index (χ3n) is 4.39. The minimum atomic E-state index is -0.637. The lowest BCUT2D eigenvalue weighted by Gasteiger charge is -2.18. The summed E-state index contributed by atoms with van der Waals surface area (Å²) in [6.07, 6.45) is 0.645. The molecule has 1 aromatic carbocycles. The highest BCUT2D eigenvalue weighted by atomic mass is 16.2. The fraction of sp³-hybridized carbons (Fsp3) is 0.316. The zero-order chi connectivity index (χ0) is 19.2. The third-order valence-corrected chi connectivity index (χ3v) is 4.39. The smallest absolute Gasteiger partial charge is 0.250 e. The highest BCUT2D eigenvalue weighted by Gasteiger charge is 2.25. The molecule has 8 heteroatoms. The van der Waals surface area contributed by atoms with E-state index in [1.165, 1.54) is 10.7 Å². The Morgan fingerprint density at radius 1 is 1.11 bits per heavy atom. The van der Waals surface area contributed by atoms with Crippen molar-refractivity contribution in [3.63, 3.8) is 0 Å². The number of rotatable bonds is 7. The van der Waals surface area contributed by atoms with E-state index in [1.54, 1.807) is 17.6 Å². The zero-order valence-electron chi connectivity index (χ0n) is 15.4. The normalized spacial score (nSPS) is 11.9. The number of pyridine rings is 1. The third kappa shape index (κ3) is 4.28. The van der Waals surface area contributed by atoms with Crippen molar-refractivity contribution >= 4 is 5.91 Å². The number of aromatic nitrogens is 5. The first-order chi connectivity index (χ1) is 13.1. The maximum Gasteiger partial charge on any atom is 0.250 e. The second-order valence-electron chi connectivity index (χ2n) is 6.29. The first-order valence-electron chi connectivity index (χ1n) is 8.81. The van der Waals surface area contributed by atoms with Gasteiger partial charge in [-0.1, -0.05) is 36.4 Å². The SMILES string of the molecule is Cc1nnnn1[C@H](C(=O)NCCCn1c(C)cccc1=O)c1ccccc1. The maximum atomic E-state index is 12.8. The molecule has 27 heavy (non-hydrogen) atoms. The van der Waals surface area contributed by atoms with Crippen molar-refractivity contribution in [1.82, 2.24) is 30.1 Å². The summed E-state index contributed by atoms with van der Waals surface area (Å²) in [5.74, 6) is 0.374. The van der Waals surface area contributed by atoms with E-state index in [2.05, 4.69) is 20.8 Å². The average molecular weight is 366 g/mol. The van der Waals surface area contributed by atoms with Crippen molar-refractivity contribution in [1.29, 1.82) is 0 Å². The summed E-state index contributed by atoms with van der Waals surface area (Å²) in [6, 6.07) is 13.9. The van der Waals surface area contributed by atoms with Crippen LogP contribution in [0.2, 0.25) is 0 Å². The van der Waals surface area contributed by atoms with E-state index in [-0.39, 0.29) is 11.5 Å². The number of benzene rings is 1. The monoisotopic (exact) mass is 366 g/mol. The Labute approximate surface area is 156 Å². The number of nitrogens with one attached hydrogen (secondary N) is 1. The molecule has 0 unspecified atom stereocenters. The minimum Gasteiger partial charge on any atom is -0.354 e. The molecule has 0 spiro atoms. The first kappa shape index (κ1) is 18.5. The number of aryl methyl sites for hydroxylation is 2. The van der Waals surface area contributed by atoms with E-state index < -0.39 is 6.04 Å². The summed E-state index contributed by atoms with van der Waals surface area (Å²) in [5.41, 5.74) is 1.67. The Hall–Kier alpha value is -3.29. The van der Waals surface area contributed by atoms with Crippen molar-refractivity contribution in [3.8, 4) is 0 Å². The van der Waals surface area contributed by atoms with Gasteiger partial charge in [0.1, 0.15) is 5.82 Å². The fourth-order valence-corrected chi connectivity index (χ4v) is 2.97. The molecule has 2 heterocycles. The van der Waals surface area contributed by atoms with Gasteiger partial charge in [0.25, 0.3) is 5.56 Å². The van der Waals surface area contributed by atoms with Crippen LogP contribution in [-0.4, -0.2) is 37.2 Å². The second kappa shape index (κ2) is 8.39. The van der Waals surface area contributed by atoms with Crippen LogP contribution in [0.1, 0.15) is 29.5 Å². The van der Waals surface area contributed by atoms with Gasteiger partial charge >= 0.3 is 0 Å². The summed E-state index contributed by atoms with van der Waals surface area (Å²) in [5, 5.41) is 14.4. The zero-order valence-corrected chi connectivity index (χ0v) is 15.4. The van der Waals surface area contributed by atoms with Gasteiger partial charge in [-0.05, 0) is 42.3 Å². The van der Waals surface area contributed by atoms with Crippen LogP contribution < -0.4 is 10.9 Å². The molecule has 3 aromatic rings. The number of amides is 1. The van der Waals surface area contributed by atoms with Crippen LogP contribution in [0, 0.1) is 13.8 Å². The first-order valence-corrected chi connectivity index (χ1v) is 8.81. The molecular weight excluding hydrogens is 344 g/mol.